The Balaban J connectivity index is 1.49. The molecule has 0 atom stereocenters. The van der Waals surface area contributed by atoms with Gasteiger partial charge in [0, 0.05) is 50.4 Å². The number of likely N-dealkylation sites (N-methyl/N-ethyl adjacent to an activating group) is 1. The molecule has 2 heterocycles. The summed E-state index contributed by atoms with van der Waals surface area (Å²) in [7, 11) is -2.06. The third-order valence-electron chi connectivity index (χ3n) is 7.25. The summed E-state index contributed by atoms with van der Waals surface area (Å²) < 4.78 is 63.2. The van der Waals surface area contributed by atoms with Crippen LogP contribution in [-0.4, -0.2) is 84.2 Å². The average Bonchev–Trinajstić information content (AvgIpc) is 3.33. The number of aryl methyl sites for hydroxylation is 1. The molecular weight excluding hydrogens is 564 g/mol. The van der Waals surface area contributed by atoms with Crippen LogP contribution in [0.5, 0.6) is 5.75 Å². The molecule has 12 heteroatoms. The molecule has 3 aromatic rings. The monoisotopic (exact) mass is 602 g/mol. The average molecular weight is 603 g/mol. The largest absolute Gasteiger partial charge is 0.495 e. The van der Waals surface area contributed by atoms with E-state index in [2.05, 4.69) is 46.1 Å². The standard InChI is InChI=1S/C29H38N4O6S2/c1-5-33-23(20-25-26(9-6-10-28(25)33)31-22-13-18-40(34,35)19-14-22)8-7-15-30-27-12-11-24(21-29(27)39-4)41(36,37)32(2)16-17-38-3/h6,9-12,20-22,30-31H,5,13-19H2,1-4H3. The Hall–Kier alpha value is -3.24. The normalized spacial score (nSPS) is 15.4. The second kappa shape index (κ2) is 13.2. The predicted octanol–water partition coefficient (Wildman–Crippen LogP) is 3.39. The molecule has 1 aromatic heterocycles. The smallest absolute Gasteiger partial charge is 0.243 e. The van der Waals surface area contributed by atoms with Gasteiger partial charge in [0.1, 0.15) is 15.6 Å². The van der Waals surface area contributed by atoms with Crippen LogP contribution in [0.4, 0.5) is 11.4 Å². The summed E-state index contributed by atoms with van der Waals surface area (Å²) >= 11 is 0. The number of nitrogens with zero attached hydrogens (tertiary/aromatic N) is 2. The molecule has 10 nitrogen and oxygen atoms in total. The van der Waals surface area contributed by atoms with Crippen LogP contribution in [-0.2, 0) is 31.1 Å². The van der Waals surface area contributed by atoms with E-state index in [-0.39, 0.29) is 29.0 Å². The van der Waals surface area contributed by atoms with Crippen molar-refractivity contribution in [2.24, 2.45) is 0 Å². The van der Waals surface area contributed by atoms with Crippen molar-refractivity contribution in [3.63, 3.8) is 0 Å². The highest BCUT2D eigenvalue weighted by atomic mass is 32.2. The number of sulfone groups is 1. The van der Waals surface area contributed by atoms with Gasteiger partial charge in [0.25, 0.3) is 0 Å². The highest BCUT2D eigenvalue weighted by Gasteiger charge is 2.24. The Bertz CT molecular complexity index is 1640. The number of benzene rings is 2. The number of aromatic nitrogens is 1. The van der Waals surface area contributed by atoms with Gasteiger partial charge < -0.3 is 24.7 Å². The van der Waals surface area contributed by atoms with Crippen LogP contribution in [0.2, 0.25) is 0 Å². The zero-order chi connectivity index (χ0) is 29.6. The number of rotatable bonds is 11. The molecule has 41 heavy (non-hydrogen) atoms. The first-order valence-corrected chi connectivity index (χ1v) is 16.8. The van der Waals surface area contributed by atoms with E-state index < -0.39 is 19.9 Å². The summed E-state index contributed by atoms with van der Waals surface area (Å²) in [6, 6.07) is 13.0. The third-order valence-corrected chi connectivity index (χ3v) is 10.8. The summed E-state index contributed by atoms with van der Waals surface area (Å²) in [5.74, 6) is 7.27. The zero-order valence-electron chi connectivity index (χ0n) is 23.9. The Kier molecular flexibility index (Phi) is 9.86. The zero-order valence-corrected chi connectivity index (χ0v) is 25.6. The van der Waals surface area contributed by atoms with E-state index in [1.165, 1.54) is 31.6 Å². The molecule has 0 spiro atoms. The van der Waals surface area contributed by atoms with Gasteiger partial charge in [-0.15, -0.1) is 0 Å². The first-order chi connectivity index (χ1) is 19.6. The number of sulfonamides is 1. The van der Waals surface area contributed by atoms with Crippen molar-refractivity contribution in [1.29, 1.82) is 0 Å². The number of nitrogens with one attached hydrogen (secondary N) is 2. The Morgan fingerprint density at radius 3 is 2.54 bits per heavy atom. The van der Waals surface area contributed by atoms with Crippen molar-refractivity contribution >= 4 is 42.1 Å². The summed E-state index contributed by atoms with van der Waals surface area (Å²) in [5.41, 5.74) is 3.55. The van der Waals surface area contributed by atoms with Gasteiger partial charge in [-0.2, -0.15) is 4.31 Å². The molecule has 0 radical (unpaired) electrons. The molecule has 222 valence electrons. The second-order valence-corrected chi connectivity index (χ2v) is 14.3. The van der Waals surface area contributed by atoms with Crippen molar-refractivity contribution in [1.82, 2.24) is 8.87 Å². The summed E-state index contributed by atoms with van der Waals surface area (Å²) in [6.07, 6.45) is 1.21. The van der Waals surface area contributed by atoms with Gasteiger partial charge >= 0.3 is 0 Å². The second-order valence-electron chi connectivity index (χ2n) is 9.92. The number of anilines is 2. The van der Waals surface area contributed by atoms with E-state index in [1.807, 2.05) is 12.1 Å². The van der Waals surface area contributed by atoms with Gasteiger partial charge in [-0.25, -0.2) is 16.8 Å². The maximum atomic E-state index is 12.9. The fourth-order valence-electron chi connectivity index (χ4n) is 4.88. The van der Waals surface area contributed by atoms with Gasteiger partial charge in [0.2, 0.25) is 10.0 Å². The quantitative estimate of drug-likeness (QED) is 0.321. The van der Waals surface area contributed by atoms with Crippen LogP contribution in [0.3, 0.4) is 0 Å². The fraction of sp³-hybridized carbons (Fsp3) is 0.448. The van der Waals surface area contributed by atoms with Gasteiger partial charge in [0.15, 0.2) is 0 Å². The Morgan fingerprint density at radius 1 is 1.10 bits per heavy atom. The molecule has 0 saturated carbocycles. The molecule has 2 aromatic carbocycles. The predicted molar refractivity (Wildman–Crippen MR) is 163 cm³/mol. The maximum absolute atomic E-state index is 12.9. The highest BCUT2D eigenvalue weighted by Crippen LogP contribution is 2.30. The summed E-state index contributed by atoms with van der Waals surface area (Å²) in [6.45, 7) is 3.68. The number of hydrogen-bond acceptors (Lipinski definition) is 8. The van der Waals surface area contributed by atoms with Crippen molar-refractivity contribution in [2.75, 3.05) is 63.1 Å². The number of ether oxygens (including phenoxy) is 2. The van der Waals surface area contributed by atoms with Gasteiger partial charge in [0.05, 0.1) is 53.6 Å². The number of methoxy groups -OCH3 is 2. The van der Waals surface area contributed by atoms with Crippen molar-refractivity contribution in [2.45, 2.75) is 37.2 Å². The lowest BCUT2D eigenvalue weighted by Gasteiger charge is -2.24. The minimum Gasteiger partial charge on any atom is -0.495 e. The number of fused-ring (bicyclic) bond motifs is 1. The molecular formula is C29H38N4O6S2. The van der Waals surface area contributed by atoms with Crippen molar-refractivity contribution < 1.29 is 26.3 Å². The highest BCUT2D eigenvalue weighted by molar-refractivity contribution is 7.91. The Labute approximate surface area is 243 Å². The lowest BCUT2D eigenvalue weighted by atomic mass is 10.1. The van der Waals surface area contributed by atoms with E-state index >= 15 is 0 Å². The van der Waals surface area contributed by atoms with Gasteiger partial charge in [-0.3, -0.25) is 0 Å². The number of hydrogen-bond donors (Lipinski definition) is 2. The minimum absolute atomic E-state index is 0.120. The first kappa shape index (κ1) is 30.7. The van der Waals surface area contributed by atoms with Gasteiger partial charge in [-0.1, -0.05) is 12.0 Å². The van der Waals surface area contributed by atoms with Crippen LogP contribution >= 0.6 is 0 Å². The van der Waals surface area contributed by atoms with Gasteiger partial charge in [-0.05, 0) is 56.0 Å². The molecule has 2 N–H and O–H groups in total. The SMILES string of the molecule is CCn1c(C#CCNc2ccc(S(=O)(=O)N(C)CCOC)cc2OC)cc2c(NC3CCS(=O)(=O)CC3)cccc21. The molecule has 0 amide bonds. The summed E-state index contributed by atoms with van der Waals surface area (Å²) in [5, 5.41) is 7.83. The lowest BCUT2D eigenvalue weighted by Crippen LogP contribution is -2.32. The molecule has 1 saturated heterocycles. The summed E-state index contributed by atoms with van der Waals surface area (Å²) in [4.78, 5) is 0.135. The van der Waals surface area contributed by atoms with Crippen molar-refractivity contribution in [3.8, 4) is 17.6 Å². The molecule has 1 aliphatic heterocycles. The van der Waals surface area contributed by atoms with E-state index in [0.717, 1.165) is 28.8 Å². The van der Waals surface area contributed by atoms with Crippen LogP contribution in [0.15, 0.2) is 47.4 Å². The van der Waals surface area contributed by atoms with Crippen molar-refractivity contribution in [3.05, 3.63) is 48.2 Å². The molecule has 1 fully saturated rings. The van der Waals surface area contributed by atoms with Crippen LogP contribution in [0.1, 0.15) is 25.5 Å². The van der Waals surface area contributed by atoms with Crippen LogP contribution in [0, 0.1) is 11.8 Å². The topological polar surface area (TPSA) is 119 Å². The van der Waals surface area contributed by atoms with E-state index in [1.54, 1.807) is 12.1 Å². The fourth-order valence-corrected chi connectivity index (χ4v) is 7.54. The van der Waals surface area contributed by atoms with Crippen LogP contribution < -0.4 is 15.4 Å². The Morgan fingerprint density at radius 2 is 1.85 bits per heavy atom. The molecule has 0 aliphatic carbocycles. The molecule has 0 unspecified atom stereocenters. The molecule has 4 rings (SSSR count). The van der Waals surface area contributed by atoms with E-state index in [4.69, 9.17) is 9.47 Å². The molecule has 0 bridgehead atoms. The van der Waals surface area contributed by atoms with E-state index in [0.29, 0.717) is 37.4 Å². The minimum atomic E-state index is -3.68. The third kappa shape index (κ3) is 7.16. The lowest BCUT2D eigenvalue weighted by molar-refractivity contribution is 0.185. The van der Waals surface area contributed by atoms with Crippen LogP contribution in [0.25, 0.3) is 10.9 Å². The molecule has 1 aliphatic rings. The van der Waals surface area contributed by atoms with E-state index in [9.17, 15) is 16.8 Å². The maximum Gasteiger partial charge on any atom is 0.243 e. The first-order valence-electron chi connectivity index (χ1n) is 13.5.